The van der Waals surface area contributed by atoms with Gasteiger partial charge in [-0.25, -0.2) is 4.39 Å². The fourth-order valence-electron chi connectivity index (χ4n) is 7.41. The van der Waals surface area contributed by atoms with E-state index in [2.05, 4.69) is 26.0 Å². The Kier molecular flexibility index (Phi) is 4.56. The smallest absolute Gasteiger partial charge is 0.123 e. The topological polar surface area (TPSA) is 40.5 Å². The number of aliphatic hydroxyl groups excluding tert-OH is 2. The molecule has 0 radical (unpaired) electrons. The molecule has 1 aromatic carbocycles. The molecule has 0 spiro atoms. The fourth-order valence-corrected chi connectivity index (χ4v) is 7.41. The third-order valence-corrected chi connectivity index (χ3v) is 9.17. The van der Waals surface area contributed by atoms with Crippen LogP contribution in [0.3, 0.4) is 0 Å². The maximum atomic E-state index is 13.3. The molecule has 5 rings (SSSR count). The van der Waals surface area contributed by atoms with Crippen LogP contribution in [0.25, 0.3) is 6.08 Å². The van der Waals surface area contributed by atoms with Gasteiger partial charge in [0.25, 0.3) is 0 Å². The summed E-state index contributed by atoms with van der Waals surface area (Å²) >= 11 is 0. The SMILES string of the molecule is C[C@]12CC[C@@H]3[C@H](CC=C4C[C@H](O)CC[C@@]43C)[C@H]1C/C(=C\c1ccc(F)cc1)[C@@H]2O. The molecule has 3 saturated carbocycles. The zero-order chi connectivity index (χ0) is 20.4. The van der Waals surface area contributed by atoms with E-state index in [1.165, 1.54) is 24.1 Å². The molecular formula is C26H33FO2. The number of benzene rings is 1. The highest BCUT2D eigenvalue weighted by molar-refractivity contribution is 5.55. The summed E-state index contributed by atoms with van der Waals surface area (Å²) in [6, 6.07) is 6.58. The second-order valence-electron chi connectivity index (χ2n) is 10.6. The summed E-state index contributed by atoms with van der Waals surface area (Å²) in [6.45, 7) is 4.72. The van der Waals surface area contributed by atoms with Gasteiger partial charge in [0, 0.05) is 5.41 Å². The van der Waals surface area contributed by atoms with E-state index in [0.717, 1.165) is 49.7 Å². The van der Waals surface area contributed by atoms with E-state index in [1.54, 1.807) is 12.1 Å². The summed E-state index contributed by atoms with van der Waals surface area (Å²) < 4.78 is 13.3. The zero-order valence-electron chi connectivity index (χ0n) is 17.6. The van der Waals surface area contributed by atoms with Crippen molar-refractivity contribution in [1.82, 2.24) is 0 Å². The van der Waals surface area contributed by atoms with Crippen molar-refractivity contribution in [2.45, 2.75) is 71.0 Å². The summed E-state index contributed by atoms with van der Waals surface area (Å²) in [5.41, 5.74) is 3.73. The molecule has 3 fully saturated rings. The molecule has 0 saturated heterocycles. The van der Waals surface area contributed by atoms with Gasteiger partial charge in [-0.1, -0.05) is 43.7 Å². The van der Waals surface area contributed by atoms with Gasteiger partial charge in [0.15, 0.2) is 0 Å². The lowest BCUT2D eigenvalue weighted by molar-refractivity contribution is -0.0685. The molecule has 156 valence electrons. The summed E-state index contributed by atoms with van der Waals surface area (Å²) in [5.74, 6) is 1.53. The minimum absolute atomic E-state index is 0.0666. The molecule has 0 amide bonds. The Labute approximate surface area is 173 Å². The number of aliphatic hydroxyl groups is 2. The van der Waals surface area contributed by atoms with Crippen LogP contribution in [0.2, 0.25) is 0 Å². The predicted octanol–water partition coefficient (Wildman–Crippen LogP) is 5.50. The maximum absolute atomic E-state index is 13.3. The number of hydrogen-bond acceptors (Lipinski definition) is 2. The minimum atomic E-state index is -0.412. The average molecular weight is 397 g/mol. The fraction of sp³-hybridized carbons (Fsp3) is 0.615. The van der Waals surface area contributed by atoms with Crippen LogP contribution >= 0.6 is 0 Å². The Morgan fingerprint density at radius 1 is 1.00 bits per heavy atom. The van der Waals surface area contributed by atoms with Crippen molar-refractivity contribution in [3.8, 4) is 0 Å². The summed E-state index contributed by atoms with van der Waals surface area (Å²) in [7, 11) is 0. The molecule has 4 aliphatic rings. The van der Waals surface area contributed by atoms with Gasteiger partial charge in [-0.2, -0.15) is 0 Å². The van der Waals surface area contributed by atoms with Gasteiger partial charge < -0.3 is 10.2 Å². The van der Waals surface area contributed by atoms with Crippen molar-refractivity contribution in [3.05, 3.63) is 52.9 Å². The molecule has 0 heterocycles. The van der Waals surface area contributed by atoms with Crippen LogP contribution < -0.4 is 0 Å². The first-order chi connectivity index (χ1) is 13.8. The van der Waals surface area contributed by atoms with E-state index < -0.39 is 6.10 Å². The number of hydrogen-bond donors (Lipinski definition) is 2. The van der Waals surface area contributed by atoms with Crippen LogP contribution in [-0.2, 0) is 0 Å². The van der Waals surface area contributed by atoms with Crippen LogP contribution in [0, 0.1) is 34.4 Å². The van der Waals surface area contributed by atoms with E-state index in [1.807, 2.05) is 0 Å². The molecule has 0 unspecified atom stereocenters. The molecular weight excluding hydrogens is 363 g/mol. The number of allylic oxidation sites excluding steroid dienone is 1. The second kappa shape index (κ2) is 6.78. The van der Waals surface area contributed by atoms with Crippen molar-refractivity contribution in [3.63, 3.8) is 0 Å². The molecule has 2 N–H and O–H groups in total. The van der Waals surface area contributed by atoms with Crippen molar-refractivity contribution in [1.29, 1.82) is 0 Å². The lowest BCUT2D eigenvalue weighted by atomic mass is 9.48. The van der Waals surface area contributed by atoms with Crippen molar-refractivity contribution < 1.29 is 14.6 Å². The Morgan fingerprint density at radius 2 is 1.76 bits per heavy atom. The second-order valence-corrected chi connectivity index (χ2v) is 10.6. The quantitative estimate of drug-likeness (QED) is 0.615. The van der Waals surface area contributed by atoms with E-state index in [0.29, 0.717) is 17.8 Å². The zero-order valence-corrected chi connectivity index (χ0v) is 17.6. The first-order valence-electron chi connectivity index (χ1n) is 11.3. The summed E-state index contributed by atoms with van der Waals surface area (Å²) in [6.07, 6.45) is 11.0. The third-order valence-electron chi connectivity index (χ3n) is 9.17. The average Bonchev–Trinajstić information content (AvgIpc) is 2.95. The van der Waals surface area contributed by atoms with Gasteiger partial charge in [0.1, 0.15) is 5.82 Å². The van der Waals surface area contributed by atoms with Gasteiger partial charge in [0.05, 0.1) is 12.2 Å². The number of fused-ring (bicyclic) bond motifs is 5. The Morgan fingerprint density at radius 3 is 2.52 bits per heavy atom. The predicted molar refractivity (Wildman–Crippen MR) is 113 cm³/mol. The van der Waals surface area contributed by atoms with Crippen molar-refractivity contribution in [2.24, 2.45) is 28.6 Å². The molecule has 0 bridgehead atoms. The van der Waals surface area contributed by atoms with Crippen molar-refractivity contribution in [2.75, 3.05) is 0 Å². The molecule has 4 aliphatic carbocycles. The number of rotatable bonds is 1. The summed E-state index contributed by atoms with van der Waals surface area (Å²) in [4.78, 5) is 0. The monoisotopic (exact) mass is 396 g/mol. The highest BCUT2D eigenvalue weighted by atomic mass is 19.1. The van der Waals surface area contributed by atoms with Crippen LogP contribution in [-0.4, -0.2) is 22.4 Å². The lowest BCUT2D eigenvalue weighted by Gasteiger charge is -2.57. The van der Waals surface area contributed by atoms with Crippen LogP contribution in [0.4, 0.5) is 4.39 Å². The Balaban J connectivity index is 1.46. The molecule has 7 atom stereocenters. The normalized spacial score (nSPS) is 45.3. The lowest BCUT2D eigenvalue weighted by Crippen LogP contribution is -2.51. The molecule has 2 nitrogen and oxygen atoms in total. The van der Waals surface area contributed by atoms with E-state index in [-0.39, 0.29) is 22.8 Å². The van der Waals surface area contributed by atoms with E-state index in [9.17, 15) is 14.6 Å². The first-order valence-corrected chi connectivity index (χ1v) is 11.3. The third kappa shape index (κ3) is 2.96. The van der Waals surface area contributed by atoms with Gasteiger partial charge in [-0.3, -0.25) is 0 Å². The summed E-state index contributed by atoms with van der Waals surface area (Å²) in [5, 5.41) is 21.5. The molecule has 0 aromatic heterocycles. The van der Waals surface area contributed by atoms with Gasteiger partial charge in [0.2, 0.25) is 0 Å². The Hall–Kier alpha value is -1.45. The molecule has 3 heteroatoms. The van der Waals surface area contributed by atoms with Gasteiger partial charge >= 0.3 is 0 Å². The van der Waals surface area contributed by atoms with Crippen LogP contribution in [0.5, 0.6) is 0 Å². The van der Waals surface area contributed by atoms with E-state index in [4.69, 9.17) is 0 Å². The van der Waals surface area contributed by atoms with Gasteiger partial charge in [-0.05, 0) is 91.4 Å². The highest BCUT2D eigenvalue weighted by Crippen LogP contribution is 2.65. The highest BCUT2D eigenvalue weighted by Gasteiger charge is 2.59. The van der Waals surface area contributed by atoms with E-state index >= 15 is 0 Å². The number of halogens is 1. The van der Waals surface area contributed by atoms with Gasteiger partial charge in [-0.15, -0.1) is 0 Å². The first kappa shape index (κ1) is 19.5. The molecule has 0 aliphatic heterocycles. The minimum Gasteiger partial charge on any atom is -0.393 e. The van der Waals surface area contributed by atoms with Crippen LogP contribution in [0.1, 0.15) is 64.4 Å². The van der Waals surface area contributed by atoms with Crippen molar-refractivity contribution >= 4 is 6.08 Å². The molecule has 29 heavy (non-hydrogen) atoms. The standard InChI is InChI=1S/C26H33FO2/c1-25-11-9-20(28)15-18(25)5-8-21-22(25)10-12-26(2)23(21)14-17(24(26)29)13-16-3-6-19(27)7-4-16/h3-7,13,20-24,28-29H,8-12,14-15H2,1-2H3/b17-13+/t20-,21+,22-,23-,24+,25+,26+/m1/s1. The Bertz CT molecular complexity index is 856. The largest absolute Gasteiger partial charge is 0.393 e. The maximum Gasteiger partial charge on any atom is 0.123 e. The van der Waals surface area contributed by atoms with Crippen LogP contribution in [0.15, 0.2) is 41.5 Å². The molecule has 1 aromatic rings.